The summed E-state index contributed by atoms with van der Waals surface area (Å²) in [5.41, 5.74) is 1.19. The molecule has 0 saturated carbocycles. The Labute approximate surface area is 142 Å². The number of benzene rings is 1. The lowest BCUT2D eigenvalue weighted by Crippen LogP contribution is -2.26. The summed E-state index contributed by atoms with van der Waals surface area (Å²) in [6, 6.07) is 8.97. The summed E-state index contributed by atoms with van der Waals surface area (Å²) >= 11 is 0. The molecule has 0 atom stereocenters. The molecule has 4 nitrogen and oxygen atoms in total. The zero-order chi connectivity index (χ0) is 17.9. The maximum absolute atomic E-state index is 12.9. The van der Waals surface area contributed by atoms with Gasteiger partial charge in [-0.25, -0.2) is 0 Å². The fraction of sp³-hybridized carbons (Fsp3) is 0.222. The van der Waals surface area contributed by atoms with Gasteiger partial charge in [-0.1, -0.05) is 12.1 Å². The molecule has 0 bridgehead atoms. The molecule has 0 fully saturated rings. The molecule has 3 aromatic rings. The zero-order valence-electron chi connectivity index (χ0n) is 13.2. The number of alkyl halides is 3. The second-order valence-electron chi connectivity index (χ2n) is 5.57. The van der Waals surface area contributed by atoms with Crippen LogP contribution in [-0.2, 0) is 12.7 Å². The lowest BCUT2D eigenvalue weighted by molar-refractivity contribution is -0.137. The van der Waals surface area contributed by atoms with Crippen LogP contribution in [0.15, 0.2) is 55.0 Å². The molecule has 0 amide bonds. The van der Waals surface area contributed by atoms with Crippen LogP contribution < -0.4 is 4.90 Å². The van der Waals surface area contributed by atoms with Crippen LogP contribution in [-0.4, -0.2) is 28.2 Å². The van der Waals surface area contributed by atoms with Gasteiger partial charge >= 0.3 is 6.18 Å². The van der Waals surface area contributed by atoms with Gasteiger partial charge in [0.25, 0.3) is 0 Å². The van der Waals surface area contributed by atoms with Crippen molar-refractivity contribution >= 4 is 16.6 Å². The standard InChI is InChI=1S/C18H16F3N3O/c19-18(20,21)14-3-4-15-16(10-14)23-7-5-17(15)24(8-9-25)12-13-2-1-6-22-11-13/h1-7,10-11,25H,8-9,12H2. The second kappa shape index (κ2) is 7.06. The fourth-order valence-electron chi connectivity index (χ4n) is 2.70. The van der Waals surface area contributed by atoms with E-state index >= 15 is 0 Å². The molecule has 2 aromatic heterocycles. The van der Waals surface area contributed by atoms with Gasteiger partial charge in [-0.3, -0.25) is 9.97 Å². The molecular weight excluding hydrogens is 331 g/mol. The first kappa shape index (κ1) is 17.2. The van der Waals surface area contributed by atoms with Crippen LogP contribution in [0.4, 0.5) is 18.9 Å². The molecule has 1 aromatic carbocycles. The Hall–Kier alpha value is -2.67. The lowest BCUT2D eigenvalue weighted by atomic mass is 10.1. The van der Waals surface area contributed by atoms with Gasteiger partial charge in [0.05, 0.1) is 17.7 Å². The zero-order valence-corrected chi connectivity index (χ0v) is 13.2. The molecule has 0 aliphatic carbocycles. The summed E-state index contributed by atoms with van der Waals surface area (Å²) in [5, 5.41) is 9.98. The number of fused-ring (bicyclic) bond motifs is 1. The van der Waals surface area contributed by atoms with Gasteiger partial charge in [-0.05, 0) is 29.8 Å². The smallest absolute Gasteiger partial charge is 0.395 e. The molecule has 0 unspecified atom stereocenters. The average molecular weight is 347 g/mol. The van der Waals surface area contributed by atoms with Crippen molar-refractivity contribution in [2.45, 2.75) is 12.7 Å². The number of aliphatic hydroxyl groups is 1. The Balaban J connectivity index is 2.02. The van der Waals surface area contributed by atoms with Crippen molar-refractivity contribution in [2.24, 2.45) is 0 Å². The number of hydrogen-bond donors (Lipinski definition) is 1. The van der Waals surface area contributed by atoms with E-state index in [9.17, 15) is 18.3 Å². The quantitative estimate of drug-likeness (QED) is 0.765. The van der Waals surface area contributed by atoms with Gasteiger partial charge < -0.3 is 10.0 Å². The van der Waals surface area contributed by atoms with E-state index in [2.05, 4.69) is 9.97 Å². The molecule has 130 valence electrons. The molecule has 2 heterocycles. The first-order valence-electron chi connectivity index (χ1n) is 7.70. The number of aliphatic hydroxyl groups excluding tert-OH is 1. The highest BCUT2D eigenvalue weighted by atomic mass is 19.4. The van der Waals surface area contributed by atoms with Gasteiger partial charge in [0, 0.05) is 42.8 Å². The van der Waals surface area contributed by atoms with Crippen molar-refractivity contribution in [2.75, 3.05) is 18.1 Å². The van der Waals surface area contributed by atoms with Crippen molar-refractivity contribution in [3.63, 3.8) is 0 Å². The summed E-state index contributed by atoms with van der Waals surface area (Å²) < 4.78 is 38.7. The molecule has 0 radical (unpaired) electrons. The van der Waals surface area contributed by atoms with Crippen LogP contribution in [0, 0.1) is 0 Å². The first-order valence-corrected chi connectivity index (χ1v) is 7.70. The molecule has 0 aliphatic heterocycles. The number of pyridine rings is 2. The van der Waals surface area contributed by atoms with E-state index in [1.165, 1.54) is 12.3 Å². The third-order valence-corrected chi connectivity index (χ3v) is 3.85. The third kappa shape index (κ3) is 3.88. The van der Waals surface area contributed by atoms with Crippen LogP contribution in [0.2, 0.25) is 0 Å². The highest BCUT2D eigenvalue weighted by Crippen LogP contribution is 2.33. The predicted molar refractivity (Wildman–Crippen MR) is 89.1 cm³/mol. The van der Waals surface area contributed by atoms with E-state index in [0.717, 1.165) is 23.4 Å². The second-order valence-corrected chi connectivity index (χ2v) is 5.57. The van der Waals surface area contributed by atoms with Gasteiger partial charge in [-0.15, -0.1) is 0 Å². The molecule has 0 spiro atoms. The molecule has 0 aliphatic rings. The van der Waals surface area contributed by atoms with E-state index in [-0.39, 0.29) is 12.1 Å². The topological polar surface area (TPSA) is 49.2 Å². The Bertz CT molecular complexity index is 853. The molecule has 7 heteroatoms. The summed E-state index contributed by atoms with van der Waals surface area (Å²) in [4.78, 5) is 10.0. The number of aromatic nitrogens is 2. The lowest BCUT2D eigenvalue weighted by Gasteiger charge is -2.25. The van der Waals surface area contributed by atoms with Crippen molar-refractivity contribution in [1.29, 1.82) is 0 Å². The number of halogens is 3. The minimum absolute atomic E-state index is 0.0787. The van der Waals surface area contributed by atoms with Crippen LogP contribution in [0.5, 0.6) is 0 Å². The van der Waals surface area contributed by atoms with Crippen LogP contribution >= 0.6 is 0 Å². The fourth-order valence-corrected chi connectivity index (χ4v) is 2.70. The maximum atomic E-state index is 12.9. The Kier molecular flexibility index (Phi) is 4.85. The highest BCUT2D eigenvalue weighted by molar-refractivity contribution is 5.92. The van der Waals surface area contributed by atoms with E-state index in [1.807, 2.05) is 17.0 Å². The van der Waals surface area contributed by atoms with E-state index in [4.69, 9.17) is 0 Å². The number of anilines is 1. The van der Waals surface area contributed by atoms with Crippen molar-refractivity contribution in [3.05, 3.63) is 66.1 Å². The normalized spacial score (nSPS) is 11.7. The minimum Gasteiger partial charge on any atom is -0.395 e. The Morgan fingerprint density at radius 1 is 1.08 bits per heavy atom. The van der Waals surface area contributed by atoms with E-state index in [1.54, 1.807) is 18.5 Å². The summed E-state index contributed by atoms with van der Waals surface area (Å²) in [5.74, 6) is 0. The monoisotopic (exact) mass is 347 g/mol. The summed E-state index contributed by atoms with van der Waals surface area (Å²) in [6.45, 7) is 0.744. The predicted octanol–water partition coefficient (Wildman–Crippen LogP) is 3.65. The highest BCUT2D eigenvalue weighted by Gasteiger charge is 2.30. The van der Waals surface area contributed by atoms with Gasteiger partial charge in [0.15, 0.2) is 0 Å². The van der Waals surface area contributed by atoms with E-state index < -0.39 is 11.7 Å². The molecular formula is C18H16F3N3O. The number of nitrogens with zero attached hydrogens (tertiary/aromatic N) is 3. The SMILES string of the molecule is OCCN(Cc1cccnc1)c1ccnc2cc(C(F)(F)F)ccc12. The molecule has 25 heavy (non-hydrogen) atoms. The first-order chi connectivity index (χ1) is 12.0. The Morgan fingerprint density at radius 3 is 2.60 bits per heavy atom. The molecule has 0 saturated heterocycles. The Morgan fingerprint density at radius 2 is 1.92 bits per heavy atom. The van der Waals surface area contributed by atoms with Crippen LogP contribution in [0.25, 0.3) is 10.9 Å². The van der Waals surface area contributed by atoms with Gasteiger partial charge in [-0.2, -0.15) is 13.2 Å². The molecule has 1 N–H and O–H groups in total. The molecule has 3 rings (SSSR count). The van der Waals surface area contributed by atoms with Gasteiger partial charge in [0.2, 0.25) is 0 Å². The van der Waals surface area contributed by atoms with E-state index in [0.29, 0.717) is 18.5 Å². The number of rotatable bonds is 5. The average Bonchev–Trinajstić information content (AvgIpc) is 2.60. The van der Waals surface area contributed by atoms with Gasteiger partial charge in [0.1, 0.15) is 0 Å². The maximum Gasteiger partial charge on any atom is 0.416 e. The largest absolute Gasteiger partial charge is 0.416 e. The van der Waals surface area contributed by atoms with Crippen molar-refractivity contribution in [1.82, 2.24) is 9.97 Å². The minimum atomic E-state index is -4.41. The number of hydrogen-bond acceptors (Lipinski definition) is 4. The third-order valence-electron chi connectivity index (χ3n) is 3.85. The van der Waals surface area contributed by atoms with Crippen molar-refractivity contribution in [3.8, 4) is 0 Å². The van der Waals surface area contributed by atoms with Crippen LogP contribution in [0.3, 0.4) is 0 Å². The summed E-state index contributed by atoms with van der Waals surface area (Å²) in [6.07, 6.45) is 0.452. The van der Waals surface area contributed by atoms with Crippen LogP contribution in [0.1, 0.15) is 11.1 Å². The van der Waals surface area contributed by atoms with Crippen molar-refractivity contribution < 1.29 is 18.3 Å². The summed E-state index contributed by atoms with van der Waals surface area (Å²) in [7, 11) is 0.